The van der Waals surface area contributed by atoms with Crippen molar-refractivity contribution in [1.29, 1.82) is 0 Å². The van der Waals surface area contributed by atoms with E-state index in [-0.39, 0.29) is 12.0 Å². The van der Waals surface area contributed by atoms with Crippen molar-refractivity contribution < 1.29 is 19.0 Å². The van der Waals surface area contributed by atoms with Crippen molar-refractivity contribution in [3.8, 4) is 17.2 Å². The molecule has 0 aliphatic carbocycles. The predicted molar refractivity (Wildman–Crippen MR) is 66.2 cm³/mol. The highest BCUT2D eigenvalue weighted by Gasteiger charge is 2.21. The average Bonchev–Trinajstić information content (AvgIpc) is 2.37. The van der Waals surface area contributed by atoms with Gasteiger partial charge in [-0.25, -0.2) is 0 Å². The molecule has 0 fully saturated rings. The van der Waals surface area contributed by atoms with E-state index in [0.717, 1.165) is 17.9 Å². The van der Waals surface area contributed by atoms with Gasteiger partial charge < -0.3 is 19.5 Å². The molecule has 1 aliphatic rings. The molecule has 1 N–H and O–H groups in total. The molecule has 5 heteroatoms. The summed E-state index contributed by atoms with van der Waals surface area (Å²) < 4.78 is 16.5. The molecule has 0 saturated heterocycles. The maximum absolute atomic E-state index is 10.8. The first-order valence-corrected chi connectivity index (χ1v) is 5.91. The van der Waals surface area contributed by atoms with Crippen LogP contribution in [-0.4, -0.2) is 32.3 Å². The maximum Gasteiger partial charge on any atom is 0.216 e. The highest BCUT2D eigenvalue weighted by Crippen LogP contribution is 2.35. The van der Waals surface area contributed by atoms with E-state index in [1.54, 1.807) is 13.2 Å². The van der Waals surface area contributed by atoms with Crippen molar-refractivity contribution in [2.24, 2.45) is 0 Å². The van der Waals surface area contributed by atoms with Gasteiger partial charge in [-0.05, 0) is 12.1 Å². The second-order valence-corrected chi connectivity index (χ2v) is 4.14. The third-order valence-corrected chi connectivity index (χ3v) is 2.71. The lowest BCUT2D eigenvalue weighted by Crippen LogP contribution is -2.33. The second-order valence-electron chi connectivity index (χ2n) is 4.14. The van der Waals surface area contributed by atoms with Gasteiger partial charge in [0, 0.05) is 26.0 Å². The fourth-order valence-corrected chi connectivity index (χ4v) is 1.77. The van der Waals surface area contributed by atoms with Gasteiger partial charge in [0.25, 0.3) is 0 Å². The molecule has 98 valence electrons. The van der Waals surface area contributed by atoms with E-state index < -0.39 is 0 Å². The summed E-state index contributed by atoms with van der Waals surface area (Å²) in [5.74, 6) is 2.12. The fraction of sp³-hybridized carbons (Fsp3) is 0.462. The molecule has 1 amide bonds. The number of methoxy groups -OCH3 is 1. The molecule has 1 aromatic rings. The molecule has 0 spiro atoms. The zero-order chi connectivity index (χ0) is 13.0. The molecule has 0 radical (unpaired) electrons. The Morgan fingerprint density at radius 2 is 2.33 bits per heavy atom. The van der Waals surface area contributed by atoms with E-state index in [2.05, 4.69) is 5.32 Å². The third-order valence-electron chi connectivity index (χ3n) is 2.71. The predicted octanol–water partition coefficient (Wildman–Crippen LogP) is 1.36. The maximum atomic E-state index is 10.8. The van der Waals surface area contributed by atoms with Crippen LogP contribution in [0.15, 0.2) is 18.2 Å². The molecule has 5 nitrogen and oxygen atoms in total. The Balaban J connectivity index is 1.93. The zero-order valence-corrected chi connectivity index (χ0v) is 10.6. The van der Waals surface area contributed by atoms with E-state index in [1.807, 2.05) is 12.1 Å². The van der Waals surface area contributed by atoms with Crippen LogP contribution in [0.3, 0.4) is 0 Å². The number of rotatable bonds is 4. The molecule has 0 unspecified atom stereocenters. The Morgan fingerprint density at radius 1 is 1.50 bits per heavy atom. The van der Waals surface area contributed by atoms with Gasteiger partial charge in [-0.2, -0.15) is 0 Å². The topological polar surface area (TPSA) is 56.8 Å². The van der Waals surface area contributed by atoms with Gasteiger partial charge in [0.2, 0.25) is 5.91 Å². The Hall–Kier alpha value is -1.91. The van der Waals surface area contributed by atoms with E-state index in [4.69, 9.17) is 14.2 Å². The van der Waals surface area contributed by atoms with E-state index in [1.165, 1.54) is 6.92 Å². The van der Waals surface area contributed by atoms with Crippen LogP contribution < -0.4 is 19.5 Å². The summed E-state index contributed by atoms with van der Waals surface area (Å²) in [4.78, 5) is 10.8. The number of fused-ring (bicyclic) bond motifs is 1. The molecule has 1 heterocycles. The van der Waals surface area contributed by atoms with Gasteiger partial charge in [0.05, 0.1) is 7.11 Å². The standard InChI is InChI=1S/C13H17NO4/c1-9(15)14-6-5-11-8-17-12-4-3-10(16-2)7-13(12)18-11/h3-4,7,11H,5-6,8H2,1-2H3,(H,14,15)/t11-/m1/s1. The van der Waals surface area contributed by atoms with Gasteiger partial charge >= 0.3 is 0 Å². The molecule has 2 rings (SSSR count). The van der Waals surface area contributed by atoms with Crippen molar-refractivity contribution in [1.82, 2.24) is 5.32 Å². The Bertz CT molecular complexity index is 433. The summed E-state index contributed by atoms with van der Waals surface area (Å²) in [5.41, 5.74) is 0. The van der Waals surface area contributed by atoms with Crippen molar-refractivity contribution in [2.75, 3.05) is 20.3 Å². The van der Waals surface area contributed by atoms with E-state index in [9.17, 15) is 4.79 Å². The number of ether oxygens (including phenoxy) is 3. The average molecular weight is 251 g/mol. The van der Waals surface area contributed by atoms with Crippen molar-refractivity contribution >= 4 is 5.91 Å². The molecule has 18 heavy (non-hydrogen) atoms. The normalized spacial score (nSPS) is 17.1. The SMILES string of the molecule is COc1ccc2c(c1)O[C@H](CCNC(C)=O)CO2. The molecule has 0 aromatic heterocycles. The quantitative estimate of drug-likeness (QED) is 0.878. The molecule has 0 bridgehead atoms. The van der Waals surface area contributed by atoms with Crippen LogP contribution in [0.5, 0.6) is 17.2 Å². The molecule has 1 atom stereocenters. The molecule has 1 aliphatic heterocycles. The van der Waals surface area contributed by atoms with Crippen LogP contribution in [0.1, 0.15) is 13.3 Å². The summed E-state index contributed by atoms with van der Waals surface area (Å²) >= 11 is 0. The van der Waals surface area contributed by atoms with Gasteiger partial charge in [-0.3, -0.25) is 4.79 Å². The number of hydrogen-bond donors (Lipinski definition) is 1. The largest absolute Gasteiger partial charge is 0.497 e. The summed E-state index contributed by atoms with van der Waals surface area (Å²) in [6, 6.07) is 5.47. The summed E-state index contributed by atoms with van der Waals surface area (Å²) in [5, 5.41) is 2.74. The van der Waals surface area contributed by atoms with Crippen LogP contribution in [0.25, 0.3) is 0 Å². The Morgan fingerprint density at radius 3 is 3.06 bits per heavy atom. The molecule has 1 aromatic carbocycles. The molecular weight excluding hydrogens is 234 g/mol. The number of benzene rings is 1. The summed E-state index contributed by atoms with van der Waals surface area (Å²) in [6.07, 6.45) is 0.674. The van der Waals surface area contributed by atoms with Crippen LogP contribution in [0.2, 0.25) is 0 Å². The van der Waals surface area contributed by atoms with Crippen LogP contribution >= 0.6 is 0 Å². The first-order chi connectivity index (χ1) is 8.69. The summed E-state index contributed by atoms with van der Waals surface area (Å²) in [7, 11) is 1.61. The first-order valence-electron chi connectivity index (χ1n) is 5.91. The van der Waals surface area contributed by atoms with E-state index in [0.29, 0.717) is 18.9 Å². The highest BCUT2D eigenvalue weighted by molar-refractivity contribution is 5.72. The lowest BCUT2D eigenvalue weighted by molar-refractivity contribution is -0.119. The smallest absolute Gasteiger partial charge is 0.216 e. The number of amides is 1. The zero-order valence-electron chi connectivity index (χ0n) is 10.6. The number of carbonyl (C=O) groups is 1. The van der Waals surface area contributed by atoms with Gasteiger partial charge in [-0.1, -0.05) is 0 Å². The minimum Gasteiger partial charge on any atom is -0.497 e. The second kappa shape index (κ2) is 5.62. The van der Waals surface area contributed by atoms with Gasteiger partial charge in [0.1, 0.15) is 18.5 Å². The number of nitrogens with one attached hydrogen (secondary N) is 1. The van der Waals surface area contributed by atoms with Gasteiger partial charge in [0.15, 0.2) is 11.5 Å². The van der Waals surface area contributed by atoms with Crippen LogP contribution in [0.4, 0.5) is 0 Å². The minimum absolute atomic E-state index is 0.0335. The fourth-order valence-electron chi connectivity index (χ4n) is 1.77. The molecular formula is C13H17NO4. The Labute approximate surface area is 106 Å². The number of hydrogen-bond acceptors (Lipinski definition) is 4. The summed E-state index contributed by atoms with van der Waals surface area (Å²) in [6.45, 7) is 2.58. The number of carbonyl (C=O) groups excluding carboxylic acids is 1. The lowest BCUT2D eigenvalue weighted by Gasteiger charge is -2.26. The lowest BCUT2D eigenvalue weighted by atomic mass is 10.2. The van der Waals surface area contributed by atoms with Gasteiger partial charge in [-0.15, -0.1) is 0 Å². The Kier molecular flexibility index (Phi) is 3.92. The van der Waals surface area contributed by atoms with E-state index >= 15 is 0 Å². The van der Waals surface area contributed by atoms with Crippen molar-refractivity contribution in [3.05, 3.63) is 18.2 Å². The van der Waals surface area contributed by atoms with Crippen LogP contribution in [-0.2, 0) is 4.79 Å². The third kappa shape index (κ3) is 3.06. The molecule has 0 saturated carbocycles. The van der Waals surface area contributed by atoms with Crippen molar-refractivity contribution in [3.63, 3.8) is 0 Å². The monoisotopic (exact) mass is 251 g/mol. The first kappa shape index (κ1) is 12.5. The van der Waals surface area contributed by atoms with Crippen LogP contribution in [0, 0.1) is 0 Å². The minimum atomic E-state index is -0.0449. The highest BCUT2D eigenvalue weighted by atomic mass is 16.6. The van der Waals surface area contributed by atoms with Crippen molar-refractivity contribution in [2.45, 2.75) is 19.4 Å².